The molecule has 1 aromatic rings. The molecule has 0 fully saturated rings. The van der Waals surface area contributed by atoms with Gasteiger partial charge in [0.15, 0.2) is 5.13 Å². The van der Waals surface area contributed by atoms with Crippen LogP contribution in [0.15, 0.2) is 6.08 Å². The van der Waals surface area contributed by atoms with Crippen molar-refractivity contribution < 1.29 is 0 Å². The third-order valence-corrected chi connectivity index (χ3v) is 2.59. The van der Waals surface area contributed by atoms with E-state index < -0.39 is 0 Å². The molecule has 0 saturated carbocycles. The first-order valence-corrected chi connectivity index (χ1v) is 4.26. The van der Waals surface area contributed by atoms with Gasteiger partial charge in [0.05, 0.1) is 5.69 Å². The van der Waals surface area contributed by atoms with E-state index in [1.165, 1.54) is 16.2 Å². The maximum Gasteiger partial charge on any atom is 0.180 e. The summed E-state index contributed by atoms with van der Waals surface area (Å²) >= 11 is 1.53. The number of fused-ring (bicyclic) bond motifs is 1. The quantitative estimate of drug-likeness (QED) is 0.595. The normalized spacial score (nSPS) is 21.7. The standard InChI is InChI=1S/C7H9N3S/c8-4-1-2-5-6(3-4)11-7(9)10-5/h1-2,4H,3,8H2,(H2,9,10). The van der Waals surface area contributed by atoms with Gasteiger partial charge >= 0.3 is 0 Å². The highest BCUT2D eigenvalue weighted by atomic mass is 32.1. The van der Waals surface area contributed by atoms with E-state index in [0.717, 1.165) is 12.1 Å². The van der Waals surface area contributed by atoms with Gasteiger partial charge in [0, 0.05) is 17.3 Å². The van der Waals surface area contributed by atoms with Gasteiger partial charge in [-0.25, -0.2) is 4.98 Å². The van der Waals surface area contributed by atoms with E-state index >= 15 is 0 Å². The Morgan fingerprint density at radius 3 is 3.27 bits per heavy atom. The molecule has 1 unspecified atom stereocenters. The van der Waals surface area contributed by atoms with E-state index in [-0.39, 0.29) is 6.04 Å². The molecule has 2 rings (SSSR count). The minimum atomic E-state index is 0.141. The van der Waals surface area contributed by atoms with Crippen molar-refractivity contribution in [3.8, 4) is 0 Å². The van der Waals surface area contributed by atoms with Gasteiger partial charge in [-0.05, 0) is 6.08 Å². The first-order chi connectivity index (χ1) is 5.25. The molecule has 0 spiro atoms. The van der Waals surface area contributed by atoms with E-state index in [1.54, 1.807) is 0 Å². The van der Waals surface area contributed by atoms with Crippen molar-refractivity contribution in [2.45, 2.75) is 12.5 Å². The lowest BCUT2D eigenvalue weighted by molar-refractivity contribution is 0.811. The Balaban J connectivity index is 2.44. The second-order valence-corrected chi connectivity index (χ2v) is 3.70. The molecule has 0 bridgehead atoms. The Morgan fingerprint density at radius 2 is 2.45 bits per heavy atom. The van der Waals surface area contributed by atoms with Crippen LogP contribution in [0.4, 0.5) is 5.13 Å². The maximum atomic E-state index is 5.71. The number of nitrogens with zero attached hydrogens (tertiary/aromatic N) is 1. The fourth-order valence-electron chi connectivity index (χ4n) is 1.16. The summed E-state index contributed by atoms with van der Waals surface area (Å²) in [5, 5.41) is 0.633. The summed E-state index contributed by atoms with van der Waals surface area (Å²) < 4.78 is 0. The van der Waals surface area contributed by atoms with Crippen LogP contribution in [0.3, 0.4) is 0 Å². The zero-order valence-corrected chi connectivity index (χ0v) is 6.77. The maximum absolute atomic E-state index is 5.71. The number of aromatic nitrogens is 1. The molecule has 1 aliphatic rings. The van der Waals surface area contributed by atoms with Crippen LogP contribution in [-0.2, 0) is 6.42 Å². The second kappa shape index (κ2) is 2.32. The van der Waals surface area contributed by atoms with Crippen molar-refractivity contribution in [3.63, 3.8) is 0 Å². The highest BCUT2D eigenvalue weighted by Crippen LogP contribution is 2.25. The van der Waals surface area contributed by atoms with Crippen molar-refractivity contribution in [1.29, 1.82) is 0 Å². The average Bonchev–Trinajstić information content (AvgIpc) is 2.27. The predicted molar refractivity (Wildman–Crippen MR) is 47.2 cm³/mol. The number of nitrogen functional groups attached to an aromatic ring is 1. The van der Waals surface area contributed by atoms with E-state index in [4.69, 9.17) is 11.5 Å². The van der Waals surface area contributed by atoms with Crippen molar-refractivity contribution in [1.82, 2.24) is 4.98 Å². The number of hydrogen-bond acceptors (Lipinski definition) is 4. The molecule has 0 radical (unpaired) electrons. The SMILES string of the molecule is Nc1nc2c(s1)CC(N)C=C2. The monoisotopic (exact) mass is 167 g/mol. The molecular formula is C7H9N3S. The summed E-state index contributed by atoms with van der Waals surface area (Å²) in [6, 6.07) is 0.141. The number of anilines is 1. The Hall–Kier alpha value is -0.870. The lowest BCUT2D eigenvalue weighted by atomic mass is 10.1. The molecule has 4 N–H and O–H groups in total. The first-order valence-electron chi connectivity index (χ1n) is 3.44. The van der Waals surface area contributed by atoms with Crippen LogP contribution in [0.5, 0.6) is 0 Å². The topological polar surface area (TPSA) is 64.9 Å². The zero-order chi connectivity index (χ0) is 7.84. The van der Waals surface area contributed by atoms with Gasteiger partial charge in [-0.3, -0.25) is 0 Å². The van der Waals surface area contributed by atoms with Gasteiger partial charge in [-0.15, -0.1) is 11.3 Å². The van der Waals surface area contributed by atoms with Crippen LogP contribution in [0.25, 0.3) is 6.08 Å². The third-order valence-electron chi connectivity index (χ3n) is 1.67. The molecule has 1 aliphatic carbocycles. The Bertz CT molecular complexity index is 303. The first kappa shape index (κ1) is 6.82. The van der Waals surface area contributed by atoms with Crippen LogP contribution in [0.2, 0.25) is 0 Å². The summed E-state index contributed by atoms with van der Waals surface area (Å²) in [4.78, 5) is 5.35. The minimum Gasteiger partial charge on any atom is -0.375 e. The van der Waals surface area contributed by atoms with Crippen LogP contribution in [-0.4, -0.2) is 11.0 Å². The molecule has 1 atom stereocenters. The highest BCUT2D eigenvalue weighted by molar-refractivity contribution is 7.15. The zero-order valence-electron chi connectivity index (χ0n) is 5.95. The molecule has 3 nitrogen and oxygen atoms in total. The van der Waals surface area contributed by atoms with E-state index in [1.807, 2.05) is 12.2 Å². The average molecular weight is 167 g/mol. The van der Waals surface area contributed by atoms with E-state index in [9.17, 15) is 0 Å². The fraction of sp³-hybridized carbons (Fsp3) is 0.286. The Morgan fingerprint density at radius 1 is 1.64 bits per heavy atom. The Kier molecular flexibility index (Phi) is 1.44. The van der Waals surface area contributed by atoms with Crippen molar-refractivity contribution in [3.05, 3.63) is 16.6 Å². The second-order valence-electron chi connectivity index (χ2n) is 2.59. The third kappa shape index (κ3) is 1.15. The largest absolute Gasteiger partial charge is 0.375 e. The van der Waals surface area contributed by atoms with E-state index in [2.05, 4.69) is 4.98 Å². The minimum absolute atomic E-state index is 0.141. The lowest BCUT2D eigenvalue weighted by Crippen LogP contribution is -2.21. The summed E-state index contributed by atoms with van der Waals surface area (Å²) in [6.07, 6.45) is 4.78. The summed E-state index contributed by atoms with van der Waals surface area (Å²) in [6.45, 7) is 0. The molecule has 1 heterocycles. The molecule has 1 aromatic heterocycles. The lowest BCUT2D eigenvalue weighted by Gasteiger charge is -2.08. The smallest absolute Gasteiger partial charge is 0.180 e. The summed E-state index contributed by atoms with van der Waals surface area (Å²) in [7, 11) is 0. The fourth-order valence-corrected chi connectivity index (χ4v) is 2.05. The number of thiazole rings is 1. The molecular weight excluding hydrogens is 158 g/mol. The number of rotatable bonds is 0. The van der Waals surface area contributed by atoms with Gasteiger partial charge in [0.2, 0.25) is 0 Å². The van der Waals surface area contributed by atoms with Gasteiger partial charge in [0.1, 0.15) is 0 Å². The molecule has 58 valence electrons. The van der Waals surface area contributed by atoms with Gasteiger partial charge < -0.3 is 11.5 Å². The van der Waals surface area contributed by atoms with Gasteiger partial charge in [-0.2, -0.15) is 0 Å². The van der Waals surface area contributed by atoms with Crippen LogP contribution in [0, 0.1) is 0 Å². The van der Waals surface area contributed by atoms with Crippen molar-refractivity contribution in [2.24, 2.45) is 5.73 Å². The number of hydrogen-bond donors (Lipinski definition) is 2. The Labute approximate surface area is 68.7 Å². The summed E-state index contributed by atoms with van der Waals surface area (Å²) in [5.74, 6) is 0. The van der Waals surface area contributed by atoms with Crippen LogP contribution < -0.4 is 11.5 Å². The summed E-state index contributed by atoms with van der Waals surface area (Å²) in [5.41, 5.74) is 12.2. The van der Waals surface area contributed by atoms with Crippen LogP contribution in [0.1, 0.15) is 10.6 Å². The number of nitrogens with two attached hydrogens (primary N) is 2. The van der Waals surface area contributed by atoms with Gasteiger partial charge in [0.25, 0.3) is 0 Å². The van der Waals surface area contributed by atoms with Crippen molar-refractivity contribution >= 4 is 22.5 Å². The van der Waals surface area contributed by atoms with Gasteiger partial charge in [-0.1, -0.05) is 6.08 Å². The molecule has 0 aromatic carbocycles. The highest BCUT2D eigenvalue weighted by Gasteiger charge is 2.13. The van der Waals surface area contributed by atoms with Crippen molar-refractivity contribution in [2.75, 3.05) is 5.73 Å². The molecule has 0 aliphatic heterocycles. The van der Waals surface area contributed by atoms with E-state index in [0.29, 0.717) is 5.13 Å². The van der Waals surface area contributed by atoms with Crippen LogP contribution >= 0.6 is 11.3 Å². The molecule has 0 amide bonds. The predicted octanol–water partition coefficient (Wildman–Crippen LogP) is 0.622. The molecule has 4 heteroatoms. The molecule has 0 saturated heterocycles. The molecule has 11 heavy (non-hydrogen) atoms.